The molecule has 0 spiro atoms. The maximum atomic E-state index is 12.8. The van der Waals surface area contributed by atoms with Crippen LogP contribution in [0.2, 0.25) is 0 Å². The molecule has 1 aromatic heterocycles. The van der Waals surface area contributed by atoms with E-state index in [0.29, 0.717) is 11.5 Å². The highest BCUT2D eigenvalue weighted by atomic mass is 32.2. The zero-order valence-corrected chi connectivity index (χ0v) is 14.2. The number of hydrazine groups is 1. The normalized spacial score (nSPS) is 11.2. The first kappa shape index (κ1) is 18.6. The van der Waals surface area contributed by atoms with Crippen molar-refractivity contribution in [3.63, 3.8) is 0 Å². The Balaban J connectivity index is 1.87. The number of rotatable bonds is 5. The molecule has 0 atom stereocenters. The predicted octanol–water partition coefficient (Wildman–Crippen LogP) is 0.775. The quantitative estimate of drug-likeness (QED) is 0.673. The molecule has 0 radical (unpaired) electrons. The van der Waals surface area contributed by atoms with E-state index in [1.807, 2.05) is 4.72 Å². The fraction of sp³-hybridized carbons (Fsp3) is 0.200. The van der Waals surface area contributed by atoms with Crippen LogP contribution in [0.15, 0.2) is 39.6 Å². The number of carbonyl (C=O) groups excluding carboxylic acids is 2. The van der Waals surface area contributed by atoms with E-state index in [9.17, 15) is 22.4 Å². The van der Waals surface area contributed by atoms with E-state index in [4.69, 9.17) is 4.42 Å². The van der Waals surface area contributed by atoms with Crippen LogP contribution < -0.4 is 15.6 Å². The lowest BCUT2D eigenvalue weighted by Crippen LogP contribution is -2.46. The Morgan fingerprint density at radius 3 is 2.32 bits per heavy atom. The number of carbonyl (C=O) groups is 2. The van der Waals surface area contributed by atoms with Crippen molar-refractivity contribution in [1.82, 2.24) is 15.6 Å². The molecule has 10 heteroatoms. The van der Waals surface area contributed by atoms with Gasteiger partial charge < -0.3 is 4.42 Å². The molecule has 8 nitrogen and oxygen atoms in total. The number of aryl methyl sites for hydroxylation is 2. The minimum absolute atomic E-state index is 0.185. The SMILES string of the molecule is Cc1cc(C(=O)NNC(=O)CNS(=O)(=O)c2ccc(F)cc2)c(C)o1. The summed E-state index contributed by atoms with van der Waals surface area (Å²) in [5.74, 6) is -1.02. The fourth-order valence-corrected chi connectivity index (χ4v) is 2.93. The highest BCUT2D eigenvalue weighted by molar-refractivity contribution is 7.89. The van der Waals surface area contributed by atoms with Crippen molar-refractivity contribution in [2.45, 2.75) is 18.7 Å². The molecule has 1 heterocycles. The van der Waals surface area contributed by atoms with E-state index in [0.717, 1.165) is 24.3 Å². The average Bonchev–Trinajstić information content (AvgIpc) is 2.89. The number of benzene rings is 1. The molecular weight excluding hydrogens is 353 g/mol. The first-order chi connectivity index (χ1) is 11.7. The summed E-state index contributed by atoms with van der Waals surface area (Å²) in [6, 6.07) is 5.63. The van der Waals surface area contributed by atoms with E-state index < -0.39 is 34.2 Å². The van der Waals surface area contributed by atoms with Crippen molar-refractivity contribution in [3.05, 3.63) is 53.2 Å². The van der Waals surface area contributed by atoms with Gasteiger partial charge in [0, 0.05) is 0 Å². The smallest absolute Gasteiger partial charge is 0.273 e. The predicted molar refractivity (Wildman–Crippen MR) is 85.4 cm³/mol. The summed E-state index contributed by atoms with van der Waals surface area (Å²) >= 11 is 0. The van der Waals surface area contributed by atoms with Crippen molar-refractivity contribution in [2.24, 2.45) is 0 Å². The van der Waals surface area contributed by atoms with Crippen molar-refractivity contribution in [1.29, 1.82) is 0 Å². The summed E-state index contributed by atoms with van der Waals surface area (Å²) < 4.78 is 43.9. The molecule has 0 aliphatic rings. The molecule has 0 aliphatic heterocycles. The van der Waals surface area contributed by atoms with Gasteiger partial charge in [0.1, 0.15) is 17.3 Å². The Labute approximate surface area is 143 Å². The van der Waals surface area contributed by atoms with Crippen LogP contribution in [-0.2, 0) is 14.8 Å². The van der Waals surface area contributed by atoms with Gasteiger partial charge in [-0.25, -0.2) is 17.5 Å². The second kappa shape index (κ2) is 7.45. The third kappa shape index (κ3) is 4.88. The third-order valence-corrected chi connectivity index (χ3v) is 4.56. The van der Waals surface area contributed by atoms with Crippen LogP contribution in [0.5, 0.6) is 0 Å². The molecule has 1 aromatic carbocycles. The lowest BCUT2D eigenvalue weighted by Gasteiger charge is -2.08. The molecule has 2 rings (SSSR count). The number of hydrogen-bond donors (Lipinski definition) is 3. The third-order valence-electron chi connectivity index (χ3n) is 3.15. The number of hydrogen-bond acceptors (Lipinski definition) is 5. The molecular formula is C15H16FN3O5S. The van der Waals surface area contributed by atoms with Gasteiger partial charge in [-0.15, -0.1) is 0 Å². The second-order valence-electron chi connectivity index (χ2n) is 5.11. The van der Waals surface area contributed by atoms with Crippen LogP contribution in [-0.4, -0.2) is 26.8 Å². The summed E-state index contributed by atoms with van der Waals surface area (Å²) in [5, 5.41) is 0. The Morgan fingerprint density at radius 1 is 1.12 bits per heavy atom. The molecule has 134 valence electrons. The van der Waals surface area contributed by atoms with Crippen LogP contribution in [0.1, 0.15) is 21.9 Å². The van der Waals surface area contributed by atoms with E-state index in [1.165, 1.54) is 6.07 Å². The number of nitrogens with one attached hydrogen (secondary N) is 3. The molecule has 0 fully saturated rings. The lowest BCUT2D eigenvalue weighted by atomic mass is 10.2. The minimum Gasteiger partial charge on any atom is -0.466 e. The highest BCUT2D eigenvalue weighted by Gasteiger charge is 2.17. The first-order valence-corrected chi connectivity index (χ1v) is 8.59. The molecule has 3 N–H and O–H groups in total. The molecule has 0 saturated heterocycles. The van der Waals surface area contributed by atoms with Crippen LogP contribution in [0, 0.1) is 19.7 Å². The lowest BCUT2D eigenvalue weighted by molar-refractivity contribution is -0.120. The topological polar surface area (TPSA) is 118 Å². The van der Waals surface area contributed by atoms with Gasteiger partial charge in [-0.05, 0) is 44.2 Å². The van der Waals surface area contributed by atoms with Gasteiger partial charge in [0.2, 0.25) is 10.0 Å². The summed E-state index contributed by atoms with van der Waals surface area (Å²) in [5.41, 5.74) is 4.49. The molecule has 0 unspecified atom stereocenters. The van der Waals surface area contributed by atoms with Crippen LogP contribution in [0.3, 0.4) is 0 Å². The second-order valence-corrected chi connectivity index (χ2v) is 6.87. The number of halogens is 1. The van der Waals surface area contributed by atoms with Crippen molar-refractivity contribution in [3.8, 4) is 0 Å². The van der Waals surface area contributed by atoms with E-state index in [2.05, 4.69) is 10.9 Å². The largest absolute Gasteiger partial charge is 0.466 e. The van der Waals surface area contributed by atoms with Crippen molar-refractivity contribution in [2.75, 3.05) is 6.54 Å². The van der Waals surface area contributed by atoms with Gasteiger partial charge in [0.05, 0.1) is 17.0 Å². The number of amides is 2. The van der Waals surface area contributed by atoms with Gasteiger partial charge >= 0.3 is 0 Å². The van der Waals surface area contributed by atoms with Crippen LogP contribution in [0.25, 0.3) is 0 Å². The monoisotopic (exact) mass is 369 g/mol. The summed E-state index contributed by atoms with van der Waals surface area (Å²) in [6.45, 7) is 2.66. The Hall–Kier alpha value is -2.72. The van der Waals surface area contributed by atoms with E-state index in [1.54, 1.807) is 13.8 Å². The number of sulfonamides is 1. The van der Waals surface area contributed by atoms with Crippen molar-refractivity contribution < 1.29 is 26.8 Å². The van der Waals surface area contributed by atoms with Gasteiger partial charge in [0.15, 0.2) is 0 Å². The summed E-state index contributed by atoms with van der Waals surface area (Å²) in [6.07, 6.45) is 0. The molecule has 0 aliphatic carbocycles. The Bertz CT molecular complexity index is 890. The van der Waals surface area contributed by atoms with Gasteiger partial charge in [-0.1, -0.05) is 0 Å². The van der Waals surface area contributed by atoms with E-state index >= 15 is 0 Å². The van der Waals surface area contributed by atoms with E-state index in [-0.39, 0.29) is 10.5 Å². The number of furan rings is 1. The Morgan fingerprint density at radius 2 is 1.76 bits per heavy atom. The van der Waals surface area contributed by atoms with Crippen LogP contribution >= 0.6 is 0 Å². The van der Waals surface area contributed by atoms with Crippen molar-refractivity contribution >= 4 is 21.8 Å². The van der Waals surface area contributed by atoms with Gasteiger partial charge in [0.25, 0.3) is 11.8 Å². The van der Waals surface area contributed by atoms with Gasteiger partial charge in [-0.2, -0.15) is 0 Å². The summed E-state index contributed by atoms with van der Waals surface area (Å²) in [4.78, 5) is 23.4. The maximum Gasteiger partial charge on any atom is 0.273 e. The Kier molecular flexibility index (Phi) is 5.55. The minimum atomic E-state index is -3.97. The maximum absolute atomic E-state index is 12.8. The van der Waals surface area contributed by atoms with Crippen LogP contribution in [0.4, 0.5) is 4.39 Å². The molecule has 2 aromatic rings. The molecule has 2 amide bonds. The summed E-state index contributed by atoms with van der Waals surface area (Å²) in [7, 11) is -3.97. The molecule has 0 bridgehead atoms. The molecule has 25 heavy (non-hydrogen) atoms. The first-order valence-electron chi connectivity index (χ1n) is 7.10. The zero-order chi connectivity index (χ0) is 18.6. The van der Waals surface area contributed by atoms with Gasteiger partial charge in [-0.3, -0.25) is 20.4 Å². The zero-order valence-electron chi connectivity index (χ0n) is 13.4. The highest BCUT2D eigenvalue weighted by Crippen LogP contribution is 2.13. The average molecular weight is 369 g/mol. The molecule has 0 saturated carbocycles. The fourth-order valence-electron chi connectivity index (χ4n) is 1.95. The standard InChI is InChI=1S/C15H16FN3O5S/c1-9-7-13(10(2)24-9)15(21)19-18-14(20)8-17-25(22,23)12-5-3-11(16)4-6-12/h3-7,17H,8H2,1-2H3,(H,18,20)(H,19,21).